The standard InChI is InChI=1S/C22H26N8O10P2S2/c23-10-1-3-25-18-9(10)2-4-29(18)14-5-11-12(37-14)6-35-42(34,44)40-17-16(31)13(7-36-41(33,43)39-11)38-21(17)30-8-26-15-19(30)27-22(24)28-20(15)32/h1-4,8,11-14,16-17,21,31H,5-7H2,(H2,23,25)(H,33,43)(H,34,44)(H3,24,27,28,32)/t11-,12?,13?,14+,16+,17+,21+,41?,42?/m0/s1. The van der Waals surface area contributed by atoms with Crippen molar-refractivity contribution in [1.82, 2.24) is 29.1 Å². The fourth-order valence-corrected chi connectivity index (χ4v) is 8.42. The smallest absolute Gasteiger partial charge is 0.386 e. The van der Waals surface area contributed by atoms with E-state index in [0.717, 1.165) is 5.39 Å². The van der Waals surface area contributed by atoms with E-state index in [4.69, 9.17) is 50.8 Å². The molecule has 0 amide bonds. The van der Waals surface area contributed by atoms with Crippen molar-refractivity contribution < 1.29 is 42.1 Å². The molecule has 7 N–H and O–H groups in total. The van der Waals surface area contributed by atoms with Gasteiger partial charge in [0.2, 0.25) is 5.95 Å². The zero-order valence-corrected chi connectivity index (χ0v) is 25.9. The minimum absolute atomic E-state index is 0.00674. The highest BCUT2D eigenvalue weighted by molar-refractivity contribution is 8.44. The van der Waals surface area contributed by atoms with Crippen molar-refractivity contribution in [3.8, 4) is 0 Å². The first-order valence-corrected chi connectivity index (χ1v) is 18.4. The lowest BCUT2D eigenvalue weighted by Crippen LogP contribution is -2.35. The summed E-state index contributed by atoms with van der Waals surface area (Å²) < 4.78 is 51.5. The average Bonchev–Trinajstić information content (AvgIpc) is 3.72. The first-order chi connectivity index (χ1) is 20.9. The number of nitrogens with one attached hydrogen (secondary N) is 1. The monoisotopic (exact) mass is 688 g/mol. The molecule has 4 aromatic rings. The third-order valence-corrected chi connectivity index (χ3v) is 10.7. The van der Waals surface area contributed by atoms with Crippen LogP contribution in [0, 0.1) is 0 Å². The second-order valence-electron chi connectivity index (χ2n) is 10.3. The van der Waals surface area contributed by atoms with Crippen LogP contribution in [0.3, 0.4) is 0 Å². The number of nitrogens with zero attached hydrogens (tertiary/aromatic N) is 5. The van der Waals surface area contributed by atoms with Crippen molar-refractivity contribution in [1.29, 1.82) is 0 Å². The molecule has 22 heteroatoms. The van der Waals surface area contributed by atoms with Gasteiger partial charge in [0.15, 0.2) is 17.4 Å². The van der Waals surface area contributed by atoms with Crippen LogP contribution in [-0.4, -0.2) is 82.8 Å². The summed E-state index contributed by atoms with van der Waals surface area (Å²) >= 11 is 9.43. The zero-order valence-electron chi connectivity index (χ0n) is 22.4. The summed E-state index contributed by atoms with van der Waals surface area (Å²) in [5.74, 6) is -0.194. The predicted molar refractivity (Wildman–Crippen MR) is 160 cm³/mol. The number of nitrogens with two attached hydrogens (primary N) is 2. The lowest BCUT2D eigenvalue weighted by atomic mass is 10.1. The van der Waals surface area contributed by atoms with Gasteiger partial charge in [0, 0.05) is 29.9 Å². The summed E-state index contributed by atoms with van der Waals surface area (Å²) in [5, 5.41) is 11.9. The molecule has 3 aliphatic heterocycles. The van der Waals surface area contributed by atoms with Gasteiger partial charge < -0.3 is 44.6 Å². The van der Waals surface area contributed by atoms with E-state index >= 15 is 0 Å². The number of imidazole rings is 1. The fourth-order valence-electron chi connectivity index (χ4n) is 5.49. The Kier molecular flexibility index (Phi) is 7.63. The summed E-state index contributed by atoms with van der Waals surface area (Å²) in [4.78, 5) is 38.2. The third kappa shape index (κ3) is 5.48. The molecule has 4 unspecified atom stereocenters. The molecule has 0 spiro atoms. The molecule has 0 aromatic carbocycles. The number of ether oxygens (including phenoxy) is 2. The van der Waals surface area contributed by atoms with Crippen LogP contribution in [-0.2, 0) is 43.9 Å². The number of fused-ring (bicyclic) bond motifs is 5. The number of nitrogen functional groups attached to an aromatic ring is 2. The third-order valence-electron chi connectivity index (χ3n) is 7.50. The second kappa shape index (κ2) is 11.1. The Morgan fingerprint density at radius 3 is 2.68 bits per heavy atom. The first kappa shape index (κ1) is 30.2. The number of aliphatic hydroxyl groups excluding tert-OH is 1. The average molecular weight is 689 g/mol. The van der Waals surface area contributed by atoms with E-state index in [1.54, 1.807) is 29.1 Å². The van der Waals surface area contributed by atoms with E-state index in [1.165, 1.54) is 10.9 Å². The van der Waals surface area contributed by atoms with Crippen LogP contribution < -0.4 is 17.0 Å². The first-order valence-electron chi connectivity index (χ1n) is 13.1. The zero-order chi connectivity index (χ0) is 31.0. The number of anilines is 2. The van der Waals surface area contributed by atoms with Gasteiger partial charge in [0.1, 0.15) is 36.3 Å². The number of hydrogen-bond acceptors (Lipinski definition) is 15. The van der Waals surface area contributed by atoms with E-state index in [2.05, 4.69) is 32.2 Å². The molecule has 3 fully saturated rings. The Morgan fingerprint density at radius 2 is 1.86 bits per heavy atom. The molecule has 0 aliphatic carbocycles. The Bertz CT molecular complexity index is 1910. The molecule has 7 rings (SSSR count). The summed E-state index contributed by atoms with van der Waals surface area (Å²) in [5.41, 5.74) is 12.2. The Morgan fingerprint density at radius 1 is 1.07 bits per heavy atom. The maximum atomic E-state index is 13.5. The van der Waals surface area contributed by atoms with Gasteiger partial charge in [-0.3, -0.25) is 23.4 Å². The molecule has 44 heavy (non-hydrogen) atoms. The highest BCUT2D eigenvalue weighted by Crippen LogP contribution is 2.58. The predicted octanol–water partition coefficient (Wildman–Crippen LogP) is 0.952. The normalized spacial score (nSPS) is 36.6. The van der Waals surface area contributed by atoms with Crippen molar-refractivity contribution >= 4 is 71.4 Å². The highest BCUT2D eigenvalue weighted by Gasteiger charge is 2.51. The molecule has 0 saturated carbocycles. The quantitative estimate of drug-likeness (QED) is 0.127. The van der Waals surface area contributed by atoms with Gasteiger partial charge >= 0.3 is 13.5 Å². The number of thiol groups is 1. The summed E-state index contributed by atoms with van der Waals surface area (Å²) in [6.45, 7) is -9.03. The molecule has 7 heterocycles. The molecule has 3 saturated heterocycles. The van der Waals surface area contributed by atoms with E-state index in [0.29, 0.717) is 11.3 Å². The second-order valence-corrected chi connectivity index (χ2v) is 16.0. The summed E-state index contributed by atoms with van der Waals surface area (Å²) in [6.07, 6.45) is -3.04. The molecule has 9 atom stereocenters. The maximum Gasteiger partial charge on any atom is 0.386 e. The summed E-state index contributed by atoms with van der Waals surface area (Å²) in [6, 6.07) is 3.47. The van der Waals surface area contributed by atoms with Crippen LogP contribution in [0.15, 0.2) is 35.6 Å². The van der Waals surface area contributed by atoms with Crippen molar-refractivity contribution in [2.75, 3.05) is 24.7 Å². The molecule has 0 radical (unpaired) electrons. The van der Waals surface area contributed by atoms with Gasteiger partial charge in [0.25, 0.3) is 5.56 Å². The van der Waals surface area contributed by atoms with Gasteiger partial charge in [-0.15, -0.1) is 0 Å². The van der Waals surface area contributed by atoms with Gasteiger partial charge in [-0.1, -0.05) is 12.2 Å². The van der Waals surface area contributed by atoms with Crippen molar-refractivity contribution in [3.05, 3.63) is 41.2 Å². The lowest BCUT2D eigenvalue weighted by molar-refractivity contribution is -0.0582. The molecule has 18 nitrogen and oxygen atoms in total. The minimum atomic E-state index is -4.25. The number of aromatic amines is 1. The Balaban J connectivity index is 1.19. The molecule has 236 valence electrons. The molecular weight excluding hydrogens is 662 g/mol. The number of aromatic nitrogens is 6. The van der Waals surface area contributed by atoms with Crippen LogP contribution in [0.2, 0.25) is 0 Å². The number of aliphatic hydroxyl groups is 1. The number of pyridine rings is 1. The number of hydrogen-bond donors (Lipinski definition) is 6. The van der Waals surface area contributed by atoms with Crippen molar-refractivity contribution in [2.45, 2.75) is 49.4 Å². The SMILES string of the molecule is Nc1nc2c(ncn2[C@@H]2OC3COP(O)(=S)O[C@H]4C[C@H](n5ccc6c(N)ccnc65)OC4COP(=O)(S)O[C@@H]2[C@@H]3O)c(=O)[nH]1. The number of rotatable bonds is 2. The maximum absolute atomic E-state index is 13.5. The van der Waals surface area contributed by atoms with E-state index in [1.807, 2.05) is 0 Å². The lowest BCUT2D eigenvalue weighted by Gasteiger charge is -2.26. The topological polar surface area (TPSA) is 246 Å². The van der Waals surface area contributed by atoms with E-state index in [-0.39, 0.29) is 30.1 Å². The van der Waals surface area contributed by atoms with Crippen molar-refractivity contribution in [3.63, 3.8) is 0 Å². The largest absolute Gasteiger partial charge is 0.398 e. The van der Waals surface area contributed by atoms with Gasteiger partial charge in [-0.25, -0.2) is 14.5 Å². The highest BCUT2D eigenvalue weighted by atomic mass is 32.7. The molecule has 3 aliphatic rings. The van der Waals surface area contributed by atoms with Crippen LogP contribution in [0.4, 0.5) is 11.6 Å². The van der Waals surface area contributed by atoms with Gasteiger partial charge in [-0.2, -0.15) is 4.98 Å². The van der Waals surface area contributed by atoms with Gasteiger partial charge in [0.05, 0.1) is 25.6 Å². The van der Waals surface area contributed by atoms with Crippen LogP contribution in [0.1, 0.15) is 18.9 Å². The van der Waals surface area contributed by atoms with E-state index in [9.17, 15) is 19.4 Å². The van der Waals surface area contributed by atoms with E-state index < -0.39 is 68.7 Å². The Labute approximate surface area is 257 Å². The number of H-pyrrole nitrogens is 1. The Hall–Kier alpha value is -2.45. The van der Waals surface area contributed by atoms with Crippen LogP contribution >= 0.6 is 25.8 Å². The van der Waals surface area contributed by atoms with Crippen LogP contribution in [0.25, 0.3) is 22.2 Å². The summed E-state index contributed by atoms with van der Waals surface area (Å²) in [7, 11) is 0. The van der Waals surface area contributed by atoms with Gasteiger partial charge in [-0.05, 0) is 23.9 Å². The molecule has 2 bridgehead atoms. The molecule has 4 aromatic heterocycles. The minimum Gasteiger partial charge on any atom is -0.398 e. The fraction of sp³-hybridized carbons (Fsp3) is 0.455. The van der Waals surface area contributed by atoms with Crippen molar-refractivity contribution in [2.24, 2.45) is 0 Å². The molecular formula is C22H26N8O10P2S2. The van der Waals surface area contributed by atoms with Crippen LogP contribution in [0.5, 0.6) is 0 Å².